The minimum Gasteiger partial charge on any atom is -0.392 e. The van der Waals surface area contributed by atoms with Crippen LogP contribution in [0.5, 0.6) is 0 Å². The van der Waals surface area contributed by atoms with Gasteiger partial charge in [-0.3, -0.25) is 0 Å². The summed E-state index contributed by atoms with van der Waals surface area (Å²) in [6, 6.07) is 10.6. The molecule has 0 bridgehead atoms. The van der Waals surface area contributed by atoms with Crippen molar-refractivity contribution < 1.29 is 5.11 Å². The molecule has 3 unspecified atom stereocenters. The van der Waals surface area contributed by atoms with Gasteiger partial charge in [-0.05, 0) is 30.7 Å². The van der Waals surface area contributed by atoms with Crippen LogP contribution in [0.25, 0.3) is 0 Å². The van der Waals surface area contributed by atoms with Crippen LogP contribution < -0.4 is 0 Å². The van der Waals surface area contributed by atoms with E-state index in [1.807, 2.05) is 6.07 Å². The molecule has 2 heteroatoms. The molecule has 1 nitrogen and oxygen atoms in total. The predicted octanol–water partition coefficient (Wildman–Crippen LogP) is 3.08. The van der Waals surface area contributed by atoms with Crippen molar-refractivity contribution in [3.8, 4) is 0 Å². The average Bonchev–Trinajstić information content (AvgIpc) is 2.23. The highest BCUT2D eigenvalue weighted by Crippen LogP contribution is 2.35. The first-order valence-electron chi connectivity index (χ1n) is 5.14. The molecule has 1 aliphatic carbocycles. The summed E-state index contributed by atoms with van der Waals surface area (Å²) in [5.41, 5.74) is 1.41. The molecular formula is C12H15BrO. The van der Waals surface area contributed by atoms with E-state index in [4.69, 9.17) is 0 Å². The van der Waals surface area contributed by atoms with Gasteiger partial charge >= 0.3 is 0 Å². The number of aliphatic hydroxyl groups excluding tert-OH is 1. The Bertz CT molecular complexity index is 286. The Kier molecular flexibility index (Phi) is 3.24. The molecule has 1 aromatic rings. The Labute approximate surface area is 93.3 Å². The molecule has 0 heterocycles. The first-order chi connectivity index (χ1) is 6.77. The van der Waals surface area contributed by atoms with Crippen LogP contribution in [-0.4, -0.2) is 16.0 Å². The third-order valence-electron chi connectivity index (χ3n) is 3.01. The lowest BCUT2D eigenvalue weighted by Gasteiger charge is -2.30. The highest BCUT2D eigenvalue weighted by atomic mass is 79.9. The molecule has 0 aliphatic heterocycles. The van der Waals surface area contributed by atoms with Crippen LogP contribution in [0.2, 0.25) is 0 Å². The zero-order valence-corrected chi connectivity index (χ0v) is 9.65. The Morgan fingerprint density at radius 2 is 1.86 bits per heavy atom. The van der Waals surface area contributed by atoms with Crippen LogP contribution in [0.15, 0.2) is 30.3 Å². The second-order valence-electron chi connectivity index (χ2n) is 4.00. The van der Waals surface area contributed by atoms with E-state index >= 15 is 0 Å². The normalized spacial score (nSPS) is 32.9. The SMILES string of the molecule is OC1CCC(c2ccccc2)CC1Br. The number of benzene rings is 1. The minimum absolute atomic E-state index is 0.157. The lowest BCUT2D eigenvalue weighted by Crippen LogP contribution is -2.28. The second kappa shape index (κ2) is 4.45. The maximum atomic E-state index is 9.60. The molecule has 3 atom stereocenters. The van der Waals surface area contributed by atoms with Gasteiger partial charge in [-0.1, -0.05) is 46.3 Å². The molecule has 14 heavy (non-hydrogen) atoms. The second-order valence-corrected chi connectivity index (χ2v) is 5.18. The predicted molar refractivity (Wildman–Crippen MR) is 61.8 cm³/mol. The summed E-state index contributed by atoms with van der Waals surface area (Å²) < 4.78 is 0. The Hall–Kier alpha value is -0.340. The van der Waals surface area contributed by atoms with Crippen LogP contribution in [0, 0.1) is 0 Å². The van der Waals surface area contributed by atoms with Crippen LogP contribution in [-0.2, 0) is 0 Å². The first-order valence-corrected chi connectivity index (χ1v) is 6.06. The van der Waals surface area contributed by atoms with E-state index in [9.17, 15) is 5.11 Å². The highest BCUT2D eigenvalue weighted by Gasteiger charge is 2.27. The number of aliphatic hydroxyl groups is 1. The monoisotopic (exact) mass is 254 g/mol. The van der Waals surface area contributed by atoms with E-state index in [0.717, 1.165) is 19.3 Å². The van der Waals surface area contributed by atoms with Crippen molar-refractivity contribution in [3.63, 3.8) is 0 Å². The van der Waals surface area contributed by atoms with Crippen molar-refractivity contribution in [2.75, 3.05) is 0 Å². The van der Waals surface area contributed by atoms with Crippen molar-refractivity contribution in [1.82, 2.24) is 0 Å². The molecule has 0 saturated heterocycles. The summed E-state index contributed by atoms with van der Waals surface area (Å²) >= 11 is 3.54. The van der Waals surface area contributed by atoms with Gasteiger partial charge in [0.2, 0.25) is 0 Å². The Morgan fingerprint density at radius 3 is 2.50 bits per heavy atom. The summed E-state index contributed by atoms with van der Waals surface area (Å²) in [6.07, 6.45) is 2.91. The summed E-state index contributed by atoms with van der Waals surface area (Å²) in [7, 11) is 0. The maximum Gasteiger partial charge on any atom is 0.0665 e. The topological polar surface area (TPSA) is 20.2 Å². The molecule has 2 rings (SSSR count). The van der Waals surface area contributed by atoms with Gasteiger partial charge < -0.3 is 5.11 Å². The summed E-state index contributed by atoms with van der Waals surface area (Å²) in [6.45, 7) is 0. The first kappa shape index (κ1) is 10.2. The van der Waals surface area contributed by atoms with E-state index in [1.165, 1.54) is 5.56 Å². The molecule has 1 aliphatic rings. The van der Waals surface area contributed by atoms with Crippen LogP contribution >= 0.6 is 15.9 Å². The smallest absolute Gasteiger partial charge is 0.0665 e. The van der Waals surface area contributed by atoms with Crippen LogP contribution in [0.3, 0.4) is 0 Å². The van der Waals surface area contributed by atoms with Crippen molar-refractivity contribution in [2.24, 2.45) is 0 Å². The number of halogens is 1. The van der Waals surface area contributed by atoms with E-state index in [0.29, 0.717) is 5.92 Å². The van der Waals surface area contributed by atoms with Gasteiger partial charge in [0, 0.05) is 4.83 Å². The fourth-order valence-electron chi connectivity index (χ4n) is 2.13. The van der Waals surface area contributed by atoms with E-state index in [2.05, 4.69) is 40.2 Å². The largest absolute Gasteiger partial charge is 0.392 e. The van der Waals surface area contributed by atoms with Gasteiger partial charge in [0.1, 0.15) is 0 Å². The zero-order valence-electron chi connectivity index (χ0n) is 8.07. The average molecular weight is 255 g/mol. The van der Waals surface area contributed by atoms with Crippen molar-refractivity contribution in [3.05, 3.63) is 35.9 Å². The van der Waals surface area contributed by atoms with Gasteiger partial charge in [0.25, 0.3) is 0 Å². The van der Waals surface area contributed by atoms with Gasteiger partial charge in [0.05, 0.1) is 6.10 Å². The van der Waals surface area contributed by atoms with Gasteiger partial charge in [0.15, 0.2) is 0 Å². The minimum atomic E-state index is -0.157. The van der Waals surface area contributed by atoms with Crippen LogP contribution in [0.4, 0.5) is 0 Å². The molecular weight excluding hydrogens is 240 g/mol. The molecule has 0 radical (unpaired) electrons. The fraction of sp³-hybridized carbons (Fsp3) is 0.500. The molecule has 1 fully saturated rings. The molecule has 1 N–H and O–H groups in total. The molecule has 76 valence electrons. The lowest BCUT2D eigenvalue weighted by atomic mass is 9.83. The molecule has 0 amide bonds. The standard InChI is InChI=1S/C12H15BrO/c13-11-8-10(6-7-12(11)14)9-4-2-1-3-5-9/h1-5,10-12,14H,6-8H2. The number of hydrogen-bond donors (Lipinski definition) is 1. The summed E-state index contributed by atoms with van der Waals surface area (Å²) in [5, 5.41) is 9.60. The van der Waals surface area contributed by atoms with Gasteiger partial charge in [-0.15, -0.1) is 0 Å². The van der Waals surface area contributed by atoms with Crippen molar-refractivity contribution in [1.29, 1.82) is 0 Å². The van der Waals surface area contributed by atoms with Crippen molar-refractivity contribution in [2.45, 2.75) is 36.1 Å². The van der Waals surface area contributed by atoms with E-state index in [-0.39, 0.29) is 10.9 Å². The number of rotatable bonds is 1. The highest BCUT2D eigenvalue weighted by molar-refractivity contribution is 9.09. The van der Waals surface area contributed by atoms with Gasteiger partial charge in [-0.25, -0.2) is 0 Å². The molecule has 1 saturated carbocycles. The molecule has 0 aromatic heterocycles. The van der Waals surface area contributed by atoms with Crippen molar-refractivity contribution >= 4 is 15.9 Å². The summed E-state index contributed by atoms with van der Waals surface area (Å²) in [4.78, 5) is 0.265. The maximum absolute atomic E-state index is 9.60. The Balaban J connectivity index is 2.07. The third kappa shape index (κ3) is 2.18. The third-order valence-corrected chi connectivity index (χ3v) is 3.99. The lowest BCUT2D eigenvalue weighted by molar-refractivity contribution is 0.131. The fourth-order valence-corrected chi connectivity index (χ4v) is 2.84. The number of alkyl halides is 1. The van der Waals surface area contributed by atoms with Crippen LogP contribution in [0.1, 0.15) is 30.7 Å². The quantitative estimate of drug-likeness (QED) is 0.764. The number of hydrogen-bond acceptors (Lipinski definition) is 1. The van der Waals surface area contributed by atoms with Gasteiger partial charge in [-0.2, -0.15) is 0 Å². The summed E-state index contributed by atoms with van der Waals surface area (Å²) in [5.74, 6) is 0.615. The molecule has 0 spiro atoms. The zero-order chi connectivity index (χ0) is 9.97. The van der Waals surface area contributed by atoms with E-state index < -0.39 is 0 Å². The van der Waals surface area contributed by atoms with E-state index in [1.54, 1.807) is 0 Å². The Morgan fingerprint density at radius 1 is 1.14 bits per heavy atom. The molecule has 1 aromatic carbocycles.